The fourth-order valence-electron chi connectivity index (χ4n) is 3.01. The number of hydrogen-bond acceptors (Lipinski definition) is 5. The lowest BCUT2D eigenvalue weighted by Gasteiger charge is -2.26. The summed E-state index contributed by atoms with van der Waals surface area (Å²) in [6.07, 6.45) is 0. The molecule has 6 heteroatoms. The molecule has 0 unspecified atom stereocenters. The van der Waals surface area contributed by atoms with Gasteiger partial charge in [0, 0.05) is 17.3 Å². The van der Waals surface area contributed by atoms with Gasteiger partial charge in [-0.15, -0.1) is 10.2 Å². The topological polar surface area (TPSA) is 59.2 Å². The van der Waals surface area contributed by atoms with Crippen molar-refractivity contribution in [1.82, 2.24) is 10.2 Å². The highest BCUT2D eigenvalue weighted by molar-refractivity contribution is 7.99. The molecule has 0 aliphatic carbocycles. The minimum absolute atomic E-state index is 0.00507. The zero-order chi connectivity index (χ0) is 21.0. The number of hydrogen-bond donors (Lipinski definition) is 0. The number of thioether (sulfide) groups is 1. The van der Waals surface area contributed by atoms with Crippen LogP contribution in [0.4, 0.5) is 5.69 Å². The molecule has 0 aliphatic rings. The Morgan fingerprint density at radius 2 is 1.69 bits per heavy atom. The summed E-state index contributed by atoms with van der Waals surface area (Å²) in [7, 11) is 0. The number of amides is 1. The second kappa shape index (κ2) is 8.82. The Hall–Kier alpha value is -2.60. The molecule has 0 saturated heterocycles. The van der Waals surface area contributed by atoms with Gasteiger partial charge in [0.2, 0.25) is 11.8 Å². The molecule has 0 spiro atoms. The molecular formula is C23H27N3O2S. The fourth-order valence-corrected chi connectivity index (χ4v) is 3.63. The van der Waals surface area contributed by atoms with Crippen molar-refractivity contribution in [3.05, 3.63) is 60.2 Å². The normalized spacial score (nSPS) is 11.7. The van der Waals surface area contributed by atoms with Gasteiger partial charge in [0.1, 0.15) is 0 Å². The lowest BCUT2D eigenvalue weighted by Crippen LogP contribution is -2.38. The average Bonchev–Trinajstić information content (AvgIpc) is 3.15. The van der Waals surface area contributed by atoms with E-state index in [1.165, 1.54) is 17.3 Å². The lowest BCUT2D eigenvalue weighted by molar-refractivity contribution is -0.116. The van der Waals surface area contributed by atoms with E-state index in [-0.39, 0.29) is 23.1 Å². The number of para-hydroxylation sites is 1. The van der Waals surface area contributed by atoms with E-state index in [4.69, 9.17) is 4.42 Å². The molecule has 1 amide bonds. The largest absolute Gasteiger partial charge is 0.411 e. The third-order valence-electron chi connectivity index (χ3n) is 4.54. The van der Waals surface area contributed by atoms with Gasteiger partial charge in [0.25, 0.3) is 5.22 Å². The molecular weight excluding hydrogens is 382 g/mol. The molecule has 3 rings (SSSR count). The molecule has 0 atom stereocenters. The molecule has 1 heterocycles. The first kappa shape index (κ1) is 21.1. The van der Waals surface area contributed by atoms with E-state index < -0.39 is 0 Å². The van der Waals surface area contributed by atoms with Crippen molar-refractivity contribution in [2.24, 2.45) is 0 Å². The molecule has 0 fully saturated rings. The van der Waals surface area contributed by atoms with E-state index in [0.29, 0.717) is 11.1 Å². The van der Waals surface area contributed by atoms with Gasteiger partial charge < -0.3 is 9.32 Å². The van der Waals surface area contributed by atoms with Crippen LogP contribution in [0.1, 0.15) is 40.2 Å². The first-order chi connectivity index (χ1) is 13.8. The molecule has 3 aromatic rings. The molecule has 29 heavy (non-hydrogen) atoms. The highest BCUT2D eigenvalue weighted by atomic mass is 32.2. The monoisotopic (exact) mass is 409 g/mol. The average molecular weight is 410 g/mol. The Balaban J connectivity index is 1.66. The summed E-state index contributed by atoms with van der Waals surface area (Å²) in [4.78, 5) is 14.6. The van der Waals surface area contributed by atoms with Gasteiger partial charge in [-0.2, -0.15) is 0 Å². The third kappa shape index (κ3) is 5.26. The predicted molar refractivity (Wildman–Crippen MR) is 118 cm³/mol. The second-order valence-corrected chi connectivity index (χ2v) is 9.11. The highest BCUT2D eigenvalue weighted by Gasteiger charge is 2.20. The van der Waals surface area contributed by atoms with Crippen molar-refractivity contribution in [3.8, 4) is 11.5 Å². The summed E-state index contributed by atoms with van der Waals surface area (Å²) in [5.41, 5.74) is 3.10. The van der Waals surface area contributed by atoms with E-state index in [1.54, 1.807) is 4.90 Å². The van der Waals surface area contributed by atoms with Crippen LogP contribution < -0.4 is 4.90 Å². The number of benzene rings is 2. The molecule has 0 saturated carbocycles. The van der Waals surface area contributed by atoms with Gasteiger partial charge in [0.05, 0.1) is 5.75 Å². The van der Waals surface area contributed by atoms with E-state index >= 15 is 0 Å². The van der Waals surface area contributed by atoms with Crippen molar-refractivity contribution >= 4 is 23.4 Å². The Morgan fingerprint density at radius 3 is 2.28 bits per heavy atom. The molecule has 5 nitrogen and oxygen atoms in total. The quantitative estimate of drug-likeness (QED) is 0.498. The number of rotatable bonds is 6. The summed E-state index contributed by atoms with van der Waals surface area (Å²) in [6.45, 7) is 10.5. The molecule has 1 aromatic heterocycles. The smallest absolute Gasteiger partial charge is 0.277 e. The maximum absolute atomic E-state index is 12.8. The number of carbonyl (C=O) groups excluding carboxylic acids is 1. The van der Waals surface area contributed by atoms with Gasteiger partial charge in [-0.1, -0.05) is 62.9 Å². The van der Waals surface area contributed by atoms with Crippen molar-refractivity contribution in [3.63, 3.8) is 0 Å². The maximum atomic E-state index is 12.8. The van der Waals surface area contributed by atoms with Crippen molar-refractivity contribution in [1.29, 1.82) is 0 Å². The molecule has 0 N–H and O–H groups in total. The zero-order valence-electron chi connectivity index (χ0n) is 17.5. The van der Waals surface area contributed by atoms with E-state index in [2.05, 4.69) is 43.1 Å². The number of carbonyl (C=O) groups is 1. The molecule has 2 aromatic carbocycles. The van der Waals surface area contributed by atoms with Crippen LogP contribution in [-0.4, -0.2) is 27.9 Å². The molecule has 0 bridgehead atoms. The van der Waals surface area contributed by atoms with Crippen LogP contribution in [-0.2, 0) is 10.2 Å². The molecule has 0 aliphatic heterocycles. The van der Waals surface area contributed by atoms with Gasteiger partial charge in [-0.05, 0) is 49.1 Å². The predicted octanol–water partition coefficient (Wildman–Crippen LogP) is 5.57. The molecule has 0 radical (unpaired) electrons. The van der Waals surface area contributed by atoms with Crippen LogP contribution in [0.5, 0.6) is 0 Å². The second-order valence-electron chi connectivity index (χ2n) is 8.18. The Kier molecular flexibility index (Phi) is 6.42. The first-order valence-electron chi connectivity index (χ1n) is 9.70. The van der Waals surface area contributed by atoms with E-state index in [1.807, 2.05) is 56.3 Å². The summed E-state index contributed by atoms with van der Waals surface area (Å²) in [5.74, 6) is 0.701. The van der Waals surface area contributed by atoms with Gasteiger partial charge in [-0.25, -0.2) is 0 Å². The van der Waals surface area contributed by atoms with Gasteiger partial charge in [-0.3, -0.25) is 4.79 Å². The van der Waals surface area contributed by atoms with Crippen LogP contribution in [0.2, 0.25) is 0 Å². The summed E-state index contributed by atoms with van der Waals surface area (Å²) < 4.78 is 5.76. The van der Waals surface area contributed by atoms with E-state index in [0.717, 1.165) is 11.3 Å². The van der Waals surface area contributed by atoms with E-state index in [9.17, 15) is 4.79 Å². The first-order valence-corrected chi connectivity index (χ1v) is 10.7. The Labute approximate surface area is 176 Å². The summed E-state index contributed by atoms with van der Waals surface area (Å²) in [5, 5.41) is 8.61. The van der Waals surface area contributed by atoms with Crippen LogP contribution >= 0.6 is 11.8 Å². The van der Waals surface area contributed by atoms with Crippen LogP contribution in [0.15, 0.2) is 64.2 Å². The third-order valence-corrected chi connectivity index (χ3v) is 5.35. The van der Waals surface area contributed by atoms with Crippen molar-refractivity contribution in [2.45, 2.75) is 51.3 Å². The van der Waals surface area contributed by atoms with Crippen LogP contribution in [0.25, 0.3) is 11.5 Å². The van der Waals surface area contributed by atoms with Crippen molar-refractivity contribution in [2.75, 3.05) is 10.7 Å². The Morgan fingerprint density at radius 1 is 1.03 bits per heavy atom. The fraction of sp³-hybridized carbons (Fsp3) is 0.348. The zero-order valence-corrected chi connectivity index (χ0v) is 18.4. The lowest BCUT2D eigenvalue weighted by atomic mass is 9.87. The van der Waals surface area contributed by atoms with Gasteiger partial charge >= 0.3 is 0 Å². The minimum Gasteiger partial charge on any atom is -0.411 e. The minimum atomic E-state index is 0.00507. The van der Waals surface area contributed by atoms with Crippen molar-refractivity contribution < 1.29 is 9.21 Å². The Bertz CT molecular complexity index is 944. The van der Waals surface area contributed by atoms with Crippen LogP contribution in [0.3, 0.4) is 0 Å². The molecule has 152 valence electrons. The SMILES string of the molecule is CC(C)N(C(=O)CSc1nnc(-c2ccc(C(C)(C)C)cc2)o1)c1ccccc1. The number of nitrogens with zero attached hydrogens (tertiary/aromatic N) is 3. The highest BCUT2D eigenvalue weighted by Crippen LogP contribution is 2.28. The van der Waals surface area contributed by atoms with Gasteiger partial charge in [0.15, 0.2) is 0 Å². The number of anilines is 1. The van der Waals surface area contributed by atoms with Crippen LogP contribution in [0, 0.1) is 0 Å². The number of aromatic nitrogens is 2. The summed E-state index contributed by atoms with van der Waals surface area (Å²) >= 11 is 1.26. The maximum Gasteiger partial charge on any atom is 0.277 e. The summed E-state index contributed by atoms with van der Waals surface area (Å²) in [6, 6.07) is 17.9. The standard InChI is InChI=1S/C23H27N3O2S/c1-16(2)26(19-9-7-6-8-10-19)20(27)15-29-22-25-24-21(28-22)17-11-13-18(14-12-17)23(3,4)5/h6-14,16H,15H2,1-5H3.